The second kappa shape index (κ2) is 7.78. The Labute approximate surface area is 109 Å². The molecule has 0 amide bonds. The maximum atomic E-state index is 12.9. The number of ether oxygens (including phenoxy) is 2. The average Bonchev–Trinajstić information content (AvgIpc) is 2.79. The summed E-state index contributed by atoms with van der Waals surface area (Å²) >= 11 is 0. The van der Waals surface area contributed by atoms with Crippen molar-refractivity contribution in [2.24, 2.45) is 0 Å². The molecule has 0 unspecified atom stereocenters. The van der Waals surface area contributed by atoms with Crippen molar-refractivity contribution in [3.63, 3.8) is 0 Å². The second-order valence-electron chi connectivity index (χ2n) is 3.68. The van der Waals surface area contributed by atoms with Gasteiger partial charge in [-0.2, -0.15) is 0 Å². The summed E-state index contributed by atoms with van der Waals surface area (Å²) < 4.78 is 36.7. The number of hydrogen-bond donors (Lipinski definition) is 0. The third kappa shape index (κ3) is 4.23. The molecule has 0 spiro atoms. The third-order valence-corrected chi connectivity index (χ3v) is 2.24. The SMILES string of the molecule is CCCOCCn1nnc(C(=O)OCC)c1C(F)F. The highest BCUT2D eigenvalue weighted by Gasteiger charge is 2.27. The number of carbonyl (C=O) groups excluding carboxylic acids is 1. The Hall–Kier alpha value is -1.57. The van der Waals surface area contributed by atoms with Gasteiger partial charge in [0, 0.05) is 6.61 Å². The Bertz CT molecular complexity index is 410. The zero-order valence-electron chi connectivity index (χ0n) is 10.9. The van der Waals surface area contributed by atoms with Gasteiger partial charge in [-0.3, -0.25) is 0 Å². The fraction of sp³-hybridized carbons (Fsp3) is 0.727. The van der Waals surface area contributed by atoms with E-state index in [4.69, 9.17) is 4.74 Å². The van der Waals surface area contributed by atoms with Gasteiger partial charge in [0.2, 0.25) is 0 Å². The quantitative estimate of drug-likeness (QED) is 0.535. The Morgan fingerprint density at radius 2 is 2.11 bits per heavy atom. The predicted molar refractivity (Wildman–Crippen MR) is 62.0 cm³/mol. The van der Waals surface area contributed by atoms with E-state index in [1.165, 1.54) is 0 Å². The van der Waals surface area contributed by atoms with Crippen LogP contribution in [0.25, 0.3) is 0 Å². The summed E-state index contributed by atoms with van der Waals surface area (Å²) in [6.07, 6.45) is -2.01. The van der Waals surface area contributed by atoms with Crippen molar-refractivity contribution in [1.29, 1.82) is 0 Å². The number of halogens is 2. The number of nitrogens with zero attached hydrogens (tertiary/aromatic N) is 3. The summed E-state index contributed by atoms with van der Waals surface area (Å²) in [6, 6.07) is 0. The minimum atomic E-state index is -2.85. The van der Waals surface area contributed by atoms with Gasteiger partial charge in [-0.1, -0.05) is 12.1 Å². The van der Waals surface area contributed by atoms with Gasteiger partial charge in [-0.15, -0.1) is 5.10 Å². The largest absolute Gasteiger partial charge is 0.461 e. The van der Waals surface area contributed by atoms with Gasteiger partial charge in [-0.05, 0) is 13.3 Å². The lowest BCUT2D eigenvalue weighted by atomic mass is 10.3. The van der Waals surface area contributed by atoms with Gasteiger partial charge in [0.15, 0.2) is 5.69 Å². The summed E-state index contributed by atoms with van der Waals surface area (Å²) in [7, 11) is 0. The van der Waals surface area contributed by atoms with Crippen molar-refractivity contribution in [3.8, 4) is 0 Å². The van der Waals surface area contributed by atoms with E-state index in [0.717, 1.165) is 11.1 Å². The molecule has 0 aliphatic rings. The van der Waals surface area contributed by atoms with E-state index < -0.39 is 23.8 Å². The molecule has 19 heavy (non-hydrogen) atoms. The van der Waals surface area contributed by atoms with Crippen LogP contribution in [-0.2, 0) is 16.0 Å². The monoisotopic (exact) mass is 277 g/mol. The molecule has 0 atom stereocenters. The Morgan fingerprint density at radius 1 is 1.37 bits per heavy atom. The molecule has 1 aromatic rings. The minimum absolute atomic E-state index is 0.0913. The lowest BCUT2D eigenvalue weighted by molar-refractivity contribution is 0.0505. The van der Waals surface area contributed by atoms with Crippen molar-refractivity contribution < 1.29 is 23.0 Å². The first-order valence-corrected chi connectivity index (χ1v) is 6.08. The van der Waals surface area contributed by atoms with Crippen LogP contribution in [0.4, 0.5) is 8.78 Å². The smallest absolute Gasteiger partial charge is 0.361 e. The van der Waals surface area contributed by atoms with E-state index in [-0.39, 0.29) is 19.8 Å². The zero-order valence-corrected chi connectivity index (χ0v) is 10.9. The molecule has 0 bridgehead atoms. The van der Waals surface area contributed by atoms with E-state index >= 15 is 0 Å². The summed E-state index contributed by atoms with van der Waals surface area (Å²) in [5.74, 6) is -0.890. The van der Waals surface area contributed by atoms with Crippen molar-refractivity contribution in [1.82, 2.24) is 15.0 Å². The molecule has 1 heterocycles. The topological polar surface area (TPSA) is 66.2 Å². The maximum absolute atomic E-state index is 12.9. The van der Waals surface area contributed by atoms with Gasteiger partial charge in [0.1, 0.15) is 5.69 Å². The molecule has 6 nitrogen and oxygen atoms in total. The first-order valence-electron chi connectivity index (χ1n) is 6.08. The van der Waals surface area contributed by atoms with E-state index in [1.54, 1.807) is 6.92 Å². The second-order valence-corrected chi connectivity index (χ2v) is 3.68. The molecule has 108 valence electrons. The highest BCUT2D eigenvalue weighted by Crippen LogP contribution is 2.21. The summed E-state index contributed by atoms with van der Waals surface area (Å²) in [5, 5.41) is 7.00. The van der Waals surface area contributed by atoms with Gasteiger partial charge in [0.05, 0.1) is 19.8 Å². The lowest BCUT2D eigenvalue weighted by Crippen LogP contribution is -2.14. The molecule has 0 aliphatic carbocycles. The van der Waals surface area contributed by atoms with E-state index in [0.29, 0.717) is 6.61 Å². The van der Waals surface area contributed by atoms with Crippen molar-refractivity contribution in [2.75, 3.05) is 19.8 Å². The van der Waals surface area contributed by atoms with Gasteiger partial charge in [-0.25, -0.2) is 18.3 Å². The molecule has 0 aliphatic heterocycles. The molecule has 1 aromatic heterocycles. The summed E-state index contributed by atoms with van der Waals surface area (Å²) in [4.78, 5) is 11.5. The Kier molecular flexibility index (Phi) is 6.34. The molecular weight excluding hydrogens is 260 g/mol. The van der Waals surface area contributed by atoms with Crippen LogP contribution >= 0.6 is 0 Å². The normalized spacial score (nSPS) is 11.0. The number of carbonyl (C=O) groups is 1. The molecule has 0 saturated carbocycles. The van der Waals surface area contributed by atoms with Crippen LogP contribution in [0.1, 0.15) is 42.9 Å². The lowest BCUT2D eigenvalue weighted by Gasteiger charge is -2.07. The molecule has 0 saturated heterocycles. The van der Waals surface area contributed by atoms with Crippen LogP contribution in [0.2, 0.25) is 0 Å². The van der Waals surface area contributed by atoms with Crippen LogP contribution < -0.4 is 0 Å². The van der Waals surface area contributed by atoms with Crippen LogP contribution in [0.15, 0.2) is 0 Å². The first-order chi connectivity index (χ1) is 9.11. The predicted octanol–water partition coefficient (Wildman–Crippen LogP) is 1.82. The van der Waals surface area contributed by atoms with Gasteiger partial charge >= 0.3 is 5.97 Å². The number of alkyl halides is 2. The van der Waals surface area contributed by atoms with Crippen LogP contribution in [0.3, 0.4) is 0 Å². The van der Waals surface area contributed by atoms with Crippen LogP contribution in [0, 0.1) is 0 Å². The van der Waals surface area contributed by atoms with Crippen LogP contribution in [-0.4, -0.2) is 40.8 Å². The van der Waals surface area contributed by atoms with E-state index in [2.05, 4.69) is 15.0 Å². The van der Waals surface area contributed by atoms with Crippen LogP contribution in [0.5, 0.6) is 0 Å². The Balaban J connectivity index is 2.78. The minimum Gasteiger partial charge on any atom is -0.461 e. The zero-order chi connectivity index (χ0) is 14.3. The van der Waals surface area contributed by atoms with Gasteiger partial charge in [0.25, 0.3) is 6.43 Å². The highest BCUT2D eigenvalue weighted by atomic mass is 19.3. The molecule has 1 rings (SSSR count). The third-order valence-electron chi connectivity index (χ3n) is 2.24. The number of aromatic nitrogens is 3. The fourth-order valence-corrected chi connectivity index (χ4v) is 1.44. The molecule has 8 heteroatoms. The molecule has 0 aromatic carbocycles. The van der Waals surface area contributed by atoms with Gasteiger partial charge < -0.3 is 9.47 Å². The fourth-order valence-electron chi connectivity index (χ4n) is 1.44. The average molecular weight is 277 g/mol. The van der Waals surface area contributed by atoms with E-state index in [9.17, 15) is 13.6 Å². The number of esters is 1. The number of rotatable bonds is 8. The summed E-state index contributed by atoms with van der Waals surface area (Å²) in [6.45, 7) is 4.52. The molecular formula is C11H17F2N3O3. The first kappa shape index (κ1) is 15.5. The molecule has 0 fully saturated rings. The standard InChI is InChI=1S/C11H17F2N3O3/c1-3-6-18-7-5-16-9(10(12)13)8(14-15-16)11(17)19-4-2/h10H,3-7H2,1-2H3. The molecule has 0 N–H and O–H groups in total. The van der Waals surface area contributed by atoms with E-state index in [1.807, 2.05) is 6.92 Å². The summed E-state index contributed by atoms with van der Waals surface area (Å²) in [5.41, 5.74) is -0.967. The maximum Gasteiger partial charge on any atom is 0.361 e. The molecule has 0 radical (unpaired) electrons. The highest BCUT2D eigenvalue weighted by molar-refractivity contribution is 5.88. The van der Waals surface area contributed by atoms with Crippen molar-refractivity contribution in [2.45, 2.75) is 33.2 Å². The van der Waals surface area contributed by atoms with Crippen molar-refractivity contribution in [3.05, 3.63) is 11.4 Å². The Morgan fingerprint density at radius 3 is 2.68 bits per heavy atom. The number of hydrogen-bond acceptors (Lipinski definition) is 5. The van der Waals surface area contributed by atoms with Crippen molar-refractivity contribution >= 4 is 5.97 Å².